The molecule has 0 saturated heterocycles. The van der Waals surface area contributed by atoms with E-state index in [0.717, 1.165) is 0 Å². The van der Waals surface area contributed by atoms with E-state index in [1.54, 1.807) is 6.33 Å². The predicted octanol–water partition coefficient (Wildman–Crippen LogP) is 0.659. The molecule has 1 aromatic rings. The molecular formula is C11H13N3O. The predicted molar refractivity (Wildman–Crippen MR) is 57.0 cm³/mol. The lowest BCUT2D eigenvalue weighted by Gasteiger charge is -2.25. The fourth-order valence-corrected chi connectivity index (χ4v) is 1.76. The highest BCUT2D eigenvalue weighted by molar-refractivity contribution is 5.89. The summed E-state index contributed by atoms with van der Waals surface area (Å²) in [7, 11) is 1.87. The minimum Gasteiger partial charge on any atom is -0.369 e. The first-order valence-corrected chi connectivity index (χ1v) is 4.78. The van der Waals surface area contributed by atoms with Crippen LogP contribution in [-0.2, 0) is 17.3 Å². The van der Waals surface area contributed by atoms with Gasteiger partial charge in [0.15, 0.2) is 0 Å². The van der Waals surface area contributed by atoms with Gasteiger partial charge >= 0.3 is 0 Å². The molecule has 0 spiro atoms. The maximum absolute atomic E-state index is 11.6. The van der Waals surface area contributed by atoms with Crippen LogP contribution in [0.4, 0.5) is 0 Å². The van der Waals surface area contributed by atoms with Gasteiger partial charge in [-0.2, -0.15) is 0 Å². The molecule has 1 aromatic heterocycles. The van der Waals surface area contributed by atoms with E-state index >= 15 is 0 Å². The Morgan fingerprint density at radius 2 is 2.40 bits per heavy atom. The number of carbonyl (C=O) groups excluding carboxylic acids is 1. The van der Waals surface area contributed by atoms with Gasteiger partial charge in [0.25, 0.3) is 0 Å². The van der Waals surface area contributed by atoms with Crippen LogP contribution in [0.25, 0.3) is 0 Å². The summed E-state index contributed by atoms with van der Waals surface area (Å²) >= 11 is 0. The number of hydrogen-bond acceptors (Lipinski definition) is 2. The van der Waals surface area contributed by atoms with Crippen LogP contribution in [0.1, 0.15) is 12.1 Å². The number of aromatic nitrogens is 2. The number of nitrogens with zero attached hydrogens (tertiary/aromatic N) is 2. The zero-order chi connectivity index (χ0) is 10.9. The molecule has 2 N–H and O–H groups in total. The van der Waals surface area contributed by atoms with Crippen molar-refractivity contribution < 1.29 is 4.79 Å². The molecule has 1 aliphatic rings. The number of aryl methyl sites for hydroxylation is 1. The van der Waals surface area contributed by atoms with Crippen molar-refractivity contribution >= 4 is 5.91 Å². The average molecular weight is 203 g/mol. The van der Waals surface area contributed by atoms with Crippen LogP contribution in [0.3, 0.4) is 0 Å². The standard InChI is InChI=1S/C11H13N3O/c1-14-7-9(13-8-14)11(10(12)15)5-3-2-4-6-11/h2-5,7-8H,6H2,1H3,(H2,12,15). The molecule has 4 heteroatoms. The summed E-state index contributed by atoms with van der Waals surface area (Å²) in [6.45, 7) is 0. The molecule has 2 rings (SSSR count). The smallest absolute Gasteiger partial charge is 0.233 e. The van der Waals surface area contributed by atoms with Crippen molar-refractivity contribution in [2.24, 2.45) is 12.8 Å². The van der Waals surface area contributed by atoms with Crippen LogP contribution in [0, 0.1) is 0 Å². The van der Waals surface area contributed by atoms with Gasteiger partial charge in [0.05, 0.1) is 12.0 Å². The van der Waals surface area contributed by atoms with Crippen LogP contribution in [0.15, 0.2) is 36.8 Å². The molecule has 4 nitrogen and oxygen atoms in total. The third-order valence-electron chi connectivity index (χ3n) is 2.67. The zero-order valence-electron chi connectivity index (χ0n) is 8.55. The number of hydrogen-bond donors (Lipinski definition) is 1. The first-order valence-electron chi connectivity index (χ1n) is 4.78. The molecule has 0 aliphatic heterocycles. The molecular weight excluding hydrogens is 190 g/mol. The van der Waals surface area contributed by atoms with E-state index in [1.165, 1.54) is 0 Å². The van der Waals surface area contributed by atoms with Crippen molar-refractivity contribution in [1.29, 1.82) is 0 Å². The van der Waals surface area contributed by atoms with Gasteiger partial charge in [-0.3, -0.25) is 4.79 Å². The largest absolute Gasteiger partial charge is 0.369 e. The van der Waals surface area contributed by atoms with E-state index in [1.807, 2.05) is 42.1 Å². The molecule has 1 heterocycles. The fraction of sp³-hybridized carbons (Fsp3) is 0.273. The second-order valence-corrected chi connectivity index (χ2v) is 3.75. The van der Waals surface area contributed by atoms with Crippen LogP contribution in [0.5, 0.6) is 0 Å². The molecule has 0 aromatic carbocycles. The van der Waals surface area contributed by atoms with Crippen molar-refractivity contribution in [2.45, 2.75) is 11.8 Å². The number of allylic oxidation sites excluding steroid dienone is 3. The number of amides is 1. The molecule has 78 valence electrons. The summed E-state index contributed by atoms with van der Waals surface area (Å²) in [4.78, 5) is 15.8. The molecule has 15 heavy (non-hydrogen) atoms. The van der Waals surface area contributed by atoms with Gasteiger partial charge in [-0.05, 0) is 6.42 Å². The van der Waals surface area contributed by atoms with Crippen molar-refractivity contribution in [2.75, 3.05) is 0 Å². The molecule has 1 amide bonds. The minimum absolute atomic E-state index is 0.359. The Bertz CT molecular complexity index is 444. The summed E-state index contributed by atoms with van der Waals surface area (Å²) in [5.74, 6) is -0.359. The molecule has 1 atom stereocenters. The Kier molecular flexibility index (Phi) is 2.19. The van der Waals surface area contributed by atoms with Crippen LogP contribution in [-0.4, -0.2) is 15.5 Å². The lowest BCUT2D eigenvalue weighted by atomic mass is 9.78. The maximum atomic E-state index is 11.6. The average Bonchev–Trinajstić information content (AvgIpc) is 2.66. The van der Waals surface area contributed by atoms with Crippen LogP contribution in [0.2, 0.25) is 0 Å². The Hall–Kier alpha value is -1.84. The minimum atomic E-state index is -0.768. The highest BCUT2D eigenvalue weighted by Crippen LogP contribution is 2.30. The summed E-state index contributed by atoms with van der Waals surface area (Å²) in [5, 5.41) is 0. The van der Waals surface area contributed by atoms with Gasteiger partial charge in [-0.1, -0.05) is 24.3 Å². The van der Waals surface area contributed by atoms with Crippen LogP contribution < -0.4 is 5.73 Å². The van der Waals surface area contributed by atoms with Gasteiger partial charge in [0, 0.05) is 13.2 Å². The second-order valence-electron chi connectivity index (χ2n) is 3.75. The van der Waals surface area contributed by atoms with E-state index in [0.29, 0.717) is 12.1 Å². The number of primary amides is 1. The third kappa shape index (κ3) is 1.48. The molecule has 0 bridgehead atoms. The molecule has 1 unspecified atom stereocenters. The lowest BCUT2D eigenvalue weighted by Crippen LogP contribution is -2.40. The van der Waals surface area contributed by atoms with E-state index in [9.17, 15) is 4.79 Å². The fourth-order valence-electron chi connectivity index (χ4n) is 1.76. The van der Waals surface area contributed by atoms with Crippen molar-refractivity contribution in [3.05, 3.63) is 42.5 Å². The van der Waals surface area contributed by atoms with Crippen LogP contribution >= 0.6 is 0 Å². The van der Waals surface area contributed by atoms with Gasteiger partial charge in [-0.15, -0.1) is 0 Å². The summed E-state index contributed by atoms with van der Waals surface area (Å²) < 4.78 is 1.81. The van der Waals surface area contributed by atoms with E-state index in [2.05, 4.69) is 4.98 Å². The molecule has 0 saturated carbocycles. The Labute approximate surface area is 88.1 Å². The first kappa shape index (κ1) is 9.71. The summed E-state index contributed by atoms with van der Waals surface area (Å²) in [6.07, 6.45) is 11.6. The van der Waals surface area contributed by atoms with Gasteiger partial charge in [0.2, 0.25) is 5.91 Å². The normalized spacial score (nSPS) is 24.3. The number of carbonyl (C=O) groups is 1. The highest BCUT2D eigenvalue weighted by atomic mass is 16.1. The SMILES string of the molecule is Cn1cnc(C2(C(N)=O)C=CC=CC2)c1. The van der Waals surface area contributed by atoms with Gasteiger partial charge in [-0.25, -0.2) is 4.98 Å². The lowest BCUT2D eigenvalue weighted by molar-refractivity contribution is -0.122. The zero-order valence-corrected chi connectivity index (χ0v) is 8.55. The quantitative estimate of drug-likeness (QED) is 0.767. The first-order chi connectivity index (χ1) is 7.15. The summed E-state index contributed by atoms with van der Waals surface area (Å²) in [5.41, 5.74) is 5.41. The van der Waals surface area contributed by atoms with Crippen molar-refractivity contribution in [3.63, 3.8) is 0 Å². The van der Waals surface area contributed by atoms with Gasteiger partial charge < -0.3 is 10.3 Å². The highest BCUT2D eigenvalue weighted by Gasteiger charge is 2.37. The van der Waals surface area contributed by atoms with E-state index in [4.69, 9.17) is 5.73 Å². The molecule has 0 fully saturated rings. The number of nitrogens with two attached hydrogens (primary N) is 1. The monoisotopic (exact) mass is 203 g/mol. The number of rotatable bonds is 2. The summed E-state index contributed by atoms with van der Waals surface area (Å²) in [6, 6.07) is 0. The Morgan fingerprint density at radius 1 is 1.60 bits per heavy atom. The molecule has 1 aliphatic carbocycles. The second kappa shape index (κ2) is 3.38. The van der Waals surface area contributed by atoms with E-state index in [-0.39, 0.29) is 5.91 Å². The van der Waals surface area contributed by atoms with Gasteiger partial charge in [0.1, 0.15) is 5.41 Å². The Morgan fingerprint density at radius 3 is 2.87 bits per heavy atom. The van der Waals surface area contributed by atoms with Crippen molar-refractivity contribution in [1.82, 2.24) is 9.55 Å². The van der Waals surface area contributed by atoms with Crippen molar-refractivity contribution in [3.8, 4) is 0 Å². The maximum Gasteiger partial charge on any atom is 0.233 e. The third-order valence-corrected chi connectivity index (χ3v) is 2.67. The van der Waals surface area contributed by atoms with E-state index < -0.39 is 5.41 Å². The number of imidazole rings is 1. The Balaban J connectivity index is 2.48. The topological polar surface area (TPSA) is 60.9 Å². The molecule has 0 radical (unpaired) electrons.